The van der Waals surface area contributed by atoms with Gasteiger partial charge in [-0.1, -0.05) is 0 Å². The predicted molar refractivity (Wildman–Crippen MR) is 54.1 cm³/mol. The molecule has 5 nitrogen and oxygen atoms in total. The Morgan fingerprint density at radius 3 is 2.73 bits per heavy atom. The summed E-state index contributed by atoms with van der Waals surface area (Å²) in [5.74, 6) is 0.0535. The average molecular weight is 213 g/mol. The Hall–Kier alpha value is -0.585. The van der Waals surface area contributed by atoms with E-state index in [2.05, 4.69) is 5.32 Å². The van der Waals surface area contributed by atoms with E-state index in [4.69, 9.17) is 15.2 Å². The molecule has 15 heavy (non-hydrogen) atoms. The standard InChI is InChI=1S/C9H16BNO4/c12-9(13)8-7-2-5(3-10(14)15)1-6(7)4-11-8/h5-8,11,14-15H,1-4H2,(H,12,13)/t5?,6-,7-,8?/m1/s1. The van der Waals surface area contributed by atoms with E-state index in [1.807, 2.05) is 0 Å². The van der Waals surface area contributed by atoms with E-state index in [1.54, 1.807) is 0 Å². The van der Waals surface area contributed by atoms with Crippen molar-refractivity contribution < 1.29 is 19.9 Å². The van der Waals surface area contributed by atoms with Crippen LogP contribution in [0, 0.1) is 17.8 Å². The third-order valence-electron chi connectivity index (χ3n) is 3.69. The quantitative estimate of drug-likeness (QED) is 0.459. The molecule has 0 bridgehead atoms. The molecule has 84 valence electrons. The summed E-state index contributed by atoms with van der Waals surface area (Å²) < 4.78 is 0. The van der Waals surface area contributed by atoms with Crippen LogP contribution in [0.1, 0.15) is 12.8 Å². The first-order valence-corrected chi connectivity index (χ1v) is 5.40. The zero-order chi connectivity index (χ0) is 11.0. The summed E-state index contributed by atoms with van der Waals surface area (Å²) in [6.07, 6.45) is 2.09. The predicted octanol–water partition coefficient (Wildman–Crippen LogP) is -0.842. The number of hydrogen-bond acceptors (Lipinski definition) is 4. The number of aliphatic carboxylic acids is 1. The van der Waals surface area contributed by atoms with Crippen LogP contribution in [0.15, 0.2) is 0 Å². The molecule has 0 aromatic rings. The lowest BCUT2D eigenvalue weighted by atomic mass is 9.77. The molecular weight excluding hydrogens is 197 g/mol. The summed E-state index contributed by atoms with van der Waals surface area (Å²) in [4.78, 5) is 10.9. The van der Waals surface area contributed by atoms with Crippen LogP contribution >= 0.6 is 0 Å². The summed E-state index contributed by atoms with van der Waals surface area (Å²) in [5, 5.41) is 29.7. The zero-order valence-corrected chi connectivity index (χ0v) is 8.47. The van der Waals surface area contributed by atoms with Crippen molar-refractivity contribution in [1.29, 1.82) is 0 Å². The lowest BCUT2D eigenvalue weighted by Gasteiger charge is -2.14. The number of hydrogen-bond donors (Lipinski definition) is 4. The summed E-state index contributed by atoms with van der Waals surface area (Å²) in [7, 11) is -1.26. The summed E-state index contributed by atoms with van der Waals surface area (Å²) >= 11 is 0. The number of carbonyl (C=O) groups is 1. The highest BCUT2D eigenvalue weighted by Crippen LogP contribution is 2.43. The Bertz CT molecular complexity index is 260. The van der Waals surface area contributed by atoms with Crippen LogP contribution < -0.4 is 5.32 Å². The smallest absolute Gasteiger partial charge is 0.451 e. The number of fused-ring (bicyclic) bond motifs is 1. The van der Waals surface area contributed by atoms with E-state index < -0.39 is 19.1 Å². The van der Waals surface area contributed by atoms with Gasteiger partial charge in [0.05, 0.1) is 0 Å². The van der Waals surface area contributed by atoms with Gasteiger partial charge in [-0.3, -0.25) is 4.79 Å². The molecule has 2 unspecified atom stereocenters. The zero-order valence-electron chi connectivity index (χ0n) is 8.47. The number of nitrogens with one attached hydrogen (secondary N) is 1. The molecule has 1 aliphatic carbocycles. The normalized spacial score (nSPS) is 39.1. The number of carboxylic acid groups (broad SMARTS) is 1. The van der Waals surface area contributed by atoms with Crippen molar-refractivity contribution in [3.05, 3.63) is 0 Å². The van der Waals surface area contributed by atoms with Crippen molar-refractivity contribution >= 4 is 13.1 Å². The fourth-order valence-corrected chi connectivity index (χ4v) is 3.11. The molecule has 1 saturated carbocycles. The largest absolute Gasteiger partial charge is 0.480 e. The molecule has 0 aromatic heterocycles. The van der Waals surface area contributed by atoms with Crippen molar-refractivity contribution in [2.45, 2.75) is 25.2 Å². The minimum atomic E-state index is -1.26. The average Bonchev–Trinajstić information content (AvgIpc) is 2.60. The first-order chi connectivity index (χ1) is 7.08. The maximum atomic E-state index is 10.9. The minimum Gasteiger partial charge on any atom is -0.480 e. The topological polar surface area (TPSA) is 89.8 Å². The second-order valence-electron chi connectivity index (χ2n) is 4.70. The molecule has 0 aromatic carbocycles. The maximum Gasteiger partial charge on any atom is 0.451 e. The van der Waals surface area contributed by atoms with Gasteiger partial charge >= 0.3 is 13.1 Å². The van der Waals surface area contributed by atoms with Gasteiger partial charge in [0.25, 0.3) is 0 Å². The van der Waals surface area contributed by atoms with Crippen LogP contribution in [-0.4, -0.2) is 40.8 Å². The van der Waals surface area contributed by atoms with Gasteiger partial charge < -0.3 is 20.5 Å². The number of rotatable bonds is 3. The van der Waals surface area contributed by atoms with Gasteiger partial charge in [0.2, 0.25) is 0 Å². The minimum absolute atomic E-state index is 0.172. The second kappa shape index (κ2) is 4.12. The molecule has 2 aliphatic rings. The molecule has 1 heterocycles. The summed E-state index contributed by atoms with van der Waals surface area (Å²) in [6, 6.07) is -0.434. The molecule has 4 atom stereocenters. The fourth-order valence-electron chi connectivity index (χ4n) is 3.11. The first-order valence-electron chi connectivity index (χ1n) is 5.40. The van der Waals surface area contributed by atoms with Gasteiger partial charge in [0, 0.05) is 0 Å². The fraction of sp³-hybridized carbons (Fsp3) is 0.889. The highest BCUT2D eigenvalue weighted by molar-refractivity contribution is 6.41. The van der Waals surface area contributed by atoms with E-state index in [0.717, 1.165) is 19.4 Å². The molecular formula is C9H16BNO4. The van der Waals surface area contributed by atoms with E-state index in [9.17, 15) is 4.79 Å². The first kappa shape index (κ1) is 10.9. The lowest BCUT2D eigenvalue weighted by molar-refractivity contribution is -0.140. The van der Waals surface area contributed by atoms with Crippen LogP contribution in [0.5, 0.6) is 0 Å². The van der Waals surface area contributed by atoms with Gasteiger partial charge in [0.15, 0.2) is 0 Å². The van der Waals surface area contributed by atoms with E-state index in [1.165, 1.54) is 0 Å². The third-order valence-corrected chi connectivity index (χ3v) is 3.69. The molecule has 1 saturated heterocycles. The van der Waals surface area contributed by atoms with Gasteiger partial charge in [-0.15, -0.1) is 0 Å². The molecule has 0 radical (unpaired) electrons. The highest BCUT2D eigenvalue weighted by atomic mass is 16.4. The van der Waals surface area contributed by atoms with Crippen LogP contribution in [0.3, 0.4) is 0 Å². The van der Waals surface area contributed by atoms with E-state index in [0.29, 0.717) is 12.2 Å². The van der Waals surface area contributed by atoms with Crippen LogP contribution in [0.25, 0.3) is 0 Å². The van der Waals surface area contributed by atoms with Crippen molar-refractivity contribution in [3.63, 3.8) is 0 Å². The SMILES string of the molecule is O=C(O)C1NC[C@H]2CC(CB(O)O)C[C@@H]12. The molecule has 1 aliphatic heterocycles. The molecule has 2 fully saturated rings. The van der Waals surface area contributed by atoms with Gasteiger partial charge in [-0.05, 0) is 43.5 Å². The van der Waals surface area contributed by atoms with Crippen molar-refractivity contribution in [3.8, 4) is 0 Å². The molecule has 0 amide bonds. The number of carboxylic acids is 1. The summed E-state index contributed by atoms with van der Waals surface area (Å²) in [6.45, 7) is 0.750. The monoisotopic (exact) mass is 213 g/mol. The summed E-state index contributed by atoms with van der Waals surface area (Å²) in [5.41, 5.74) is 0. The Morgan fingerprint density at radius 2 is 2.13 bits per heavy atom. The highest BCUT2D eigenvalue weighted by Gasteiger charge is 2.46. The Labute approximate surface area is 88.6 Å². The third kappa shape index (κ3) is 2.16. The lowest BCUT2D eigenvalue weighted by Crippen LogP contribution is -2.35. The van der Waals surface area contributed by atoms with Crippen molar-refractivity contribution in [2.24, 2.45) is 17.8 Å². The van der Waals surface area contributed by atoms with E-state index in [-0.39, 0.29) is 11.8 Å². The van der Waals surface area contributed by atoms with E-state index >= 15 is 0 Å². The van der Waals surface area contributed by atoms with Gasteiger partial charge in [0.1, 0.15) is 6.04 Å². The van der Waals surface area contributed by atoms with Crippen LogP contribution in [0.4, 0.5) is 0 Å². The maximum absolute atomic E-state index is 10.9. The van der Waals surface area contributed by atoms with Crippen LogP contribution in [-0.2, 0) is 4.79 Å². The second-order valence-corrected chi connectivity index (χ2v) is 4.70. The Kier molecular flexibility index (Phi) is 3.00. The molecule has 6 heteroatoms. The Morgan fingerprint density at radius 1 is 1.40 bits per heavy atom. The van der Waals surface area contributed by atoms with Gasteiger partial charge in [-0.25, -0.2) is 0 Å². The van der Waals surface area contributed by atoms with Gasteiger partial charge in [-0.2, -0.15) is 0 Å². The van der Waals surface area contributed by atoms with Crippen molar-refractivity contribution in [1.82, 2.24) is 5.32 Å². The molecule has 4 N–H and O–H groups in total. The van der Waals surface area contributed by atoms with Crippen LogP contribution in [0.2, 0.25) is 6.32 Å². The molecule has 0 spiro atoms. The Balaban J connectivity index is 1.94. The van der Waals surface area contributed by atoms with Crippen molar-refractivity contribution in [2.75, 3.05) is 6.54 Å². The molecule has 2 rings (SSSR count).